The van der Waals surface area contributed by atoms with Crippen LogP contribution in [0.25, 0.3) is 0 Å². The van der Waals surface area contributed by atoms with Gasteiger partial charge in [0.2, 0.25) is 0 Å². The van der Waals surface area contributed by atoms with Crippen LogP contribution in [0.4, 0.5) is 0 Å². The van der Waals surface area contributed by atoms with E-state index >= 15 is 0 Å². The molecule has 4 heteroatoms. The van der Waals surface area contributed by atoms with Gasteiger partial charge in [0.25, 0.3) is 0 Å². The first kappa shape index (κ1) is 10.1. The maximum absolute atomic E-state index is 11.7. The molecule has 2 heterocycles. The average molecular weight is 208 g/mol. The predicted molar refractivity (Wildman–Crippen MR) is 52.1 cm³/mol. The maximum atomic E-state index is 11.7. The molecule has 0 aromatic heterocycles. The fourth-order valence-corrected chi connectivity index (χ4v) is 2.00. The average Bonchev–Trinajstić information content (AvgIpc) is 2.70. The van der Waals surface area contributed by atoms with Gasteiger partial charge in [0.15, 0.2) is 0 Å². The van der Waals surface area contributed by atoms with Gasteiger partial charge < -0.3 is 9.47 Å². The number of rotatable bonds is 3. The monoisotopic (exact) mass is 208 g/mol. The zero-order valence-electron chi connectivity index (χ0n) is 8.65. The zero-order valence-corrected chi connectivity index (χ0v) is 8.65. The summed E-state index contributed by atoms with van der Waals surface area (Å²) in [5, 5.41) is 0. The summed E-state index contributed by atoms with van der Waals surface area (Å²) in [6.07, 6.45) is 3.86. The lowest BCUT2D eigenvalue weighted by molar-refractivity contribution is -0.140. The Morgan fingerprint density at radius 1 is 1.73 bits per heavy atom. The highest BCUT2D eigenvalue weighted by molar-refractivity contribution is 6.00. The lowest BCUT2D eigenvalue weighted by Gasteiger charge is -2.19. The summed E-state index contributed by atoms with van der Waals surface area (Å²) in [6.45, 7) is 3.77. The number of aldehydes is 1. The van der Waals surface area contributed by atoms with Gasteiger partial charge >= 0.3 is 5.97 Å². The minimum absolute atomic E-state index is 0.291. The SMILES string of the molecule is CCOC(=O)C1=C(C=O)C2C=CC1(C)O2. The molecule has 0 radical (unpaired) electrons. The van der Waals surface area contributed by atoms with E-state index in [1.54, 1.807) is 26.0 Å². The third-order valence-corrected chi connectivity index (χ3v) is 2.66. The molecule has 2 rings (SSSR count). The molecule has 2 bridgehead atoms. The minimum atomic E-state index is -0.785. The molecule has 2 aliphatic heterocycles. The molecule has 0 amide bonds. The quantitative estimate of drug-likeness (QED) is 0.390. The first-order valence-corrected chi connectivity index (χ1v) is 4.86. The number of ether oxygens (including phenoxy) is 2. The molecule has 0 aromatic rings. The van der Waals surface area contributed by atoms with E-state index in [1.165, 1.54) is 0 Å². The summed E-state index contributed by atoms with van der Waals surface area (Å²) in [6, 6.07) is 0. The van der Waals surface area contributed by atoms with Crippen LogP contribution in [0.1, 0.15) is 13.8 Å². The van der Waals surface area contributed by atoms with Crippen molar-refractivity contribution in [1.29, 1.82) is 0 Å². The smallest absolute Gasteiger partial charge is 0.337 e. The van der Waals surface area contributed by atoms with Crippen molar-refractivity contribution in [2.75, 3.05) is 6.61 Å². The van der Waals surface area contributed by atoms with Crippen molar-refractivity contribution in [2.24, 2.45) is 0 Å². The van der Waals surface area contributed by atoms with Crippen molar-refractivity contribution < 1.29 is 19.1 Å². The van der Waals surface area contributed by atoms with E-state index in [2.05, 4.69) is 0 Å². The van der Waals surface area contributed by atoms with E-state index in [1.807, 2.05) is 0 Å². The first-order valence-electron chi connectivity index (χ1n) is 4.86. The molecular weight excluding hydrogens is 196 g/mol. The van der Waals surface area contributed by atoms with Gasteiger partial charge in [0.1, 0.15) is 18.0 Å². The van der Waals surface area contributed by atoms with Gasteiger partial charge in [-0.3, -0.25) is 4.79 Å². The summed E-state index contributed by atoms with van der Waals surface area (Å²) < 4.78 is 10.4. The highest BCUT2D eigenvalue weighted by Gasteiger charge is 2.48. The van der Waals surface area contributed by atoms with Crippen LogP contribution in [0.3, 0.4) is 0 Å². The molecule has 2 atom stereocenters. The zero-order chi connectivity index (χ0) is 11.1. The van der Waals surface area contributed by atoms with Gasteiger partial charge in [-0.1, -0.05) is 6.08 Å². The fourth-order valence-electron chi connectivity index (χ4n) is 2.00. The van der Waals surface area contributed by atoms with Crippen LogP contribution in [0.5, 0.6) is 0 Å². The van der Waals surface area contributed by atoms with Crippen LogP contribution in [-0.2, 0) is 19.1 Å². The normalized spacial score (nSPS) is 32.3. The number of hydrogen-bond acceptors (Lipinski definition) is 4. The molecular formula is C11H12O4. The molecule has 80 valence electrons. The number of carbonyl (C=O) groups excluding carboxylic acids is 2. The van der Waals surface area contributed by atoms with E-state index in [4.69, 9.17) is 9.47 Å². The number of carbonyl (C=O) groups is 2. The number of esters is 1. The second-order valence-corrected chi connectivity index (χ2v) is 3.67. The fraction of sp³-hybridized carbons (Fsp3) is 0.455. The number of fused-ring (bicyclic) bond motifs is 2. The molecule has 2 aliphatic rings. The molecule has 0 saturated carbocycles. The summed E-state index contributed by atoms with van der Waals surface area (Å²) in [4.78, 5) is 22.5. The minimum Gasteiger partial charge on any atom is -0.463 e. The lowest BCUT2D eigenvalue weighted by Crippen LogP contribution is -2.28. The Balaban J connectivity index is 2.39. The Morgan fingerprint density at radius 3 is 3.07 bits per heavy atom. The molecule has 0 aliphatic carbocycles. The van der Waals surface area contributed by atoms with Crippen LogP contribution < -0.4 is 0 Å². The van der Waals surface area contributed by atoms with Crippen molar-refractivity contribution in [1.82, 2.24) is 0 Å². The summed E-state index contributed by atoms with van der Waals surface area (Å²) in [5.74, 6) is -0.464. The maximum Gasteiger partial charge on any atom is 0.337 e. The van der Waals surface area contributed by atoms with E-state index in [9.17, 15) is 9.59 Å². The van der Waals surface area contributed by atoms with Gasteiger partial charge in [0.05, 0.1) is 12.2 Å². The van der Waals surface area contributed by atoms with Crippen LogP contribution in [-0.4, -0.2) is 30.6 Å². The van der Waals surface area contributed by atoms with Crippen molar-refractivity contribution in [3.8, 4) is 0 Å². The van der Waals surface area contributed by atoms with Crippen molar-refractivity contribution in [2.45, 2.75) is 25.6 Å². The molecule has 2 unspecified atom stereocenters. The Hall–Kier alpha value is -1.42. The summed E-state index contributed by atoms with van der Waals surface area (Å²) in [5.41, 5.74) is -0.0574. The van der Waals surface area contributed by atoms with E-state index in [0.717, 1.165) is 0 Å². The van der Waals surface area contributed by atoms with Crippen LogP contribution in [0.2, 0.25) is 0 Å². The van der Waals surface area contributed by atoms with Crippen molar-refractivity contribution in [3.63, 3.8) is 0 Å². The van der Waals surface area contributed by atoms with E-state index in [0.29, 0.717) is 24.0 Å². The second-order valence-electron chi connectivity index (χ2n) is 3.67. The van der Waals surface area contributed by atoms with E-state index < -0.39 is 11.6 Å². The van der Waals surface area contributed by atoms with Crippen LogP contribution in [0.15, 0.2) is 23.3 Å². The van der Waals surface area contributed by atoms with Gasteiger partial charge in [-0.05, 0) is 19.9 Å². The first-order chi connectivity index (χ1) is 7.12. The molecule has 0 fully saturated rings. The molecule has 0 N–H and O–H groups in total. The van der Waals surface area contributed by atoms with Crippen molar-refractivity contribution >= 4 is 12.3 Å². The Morgan fingerprint density at radius 2 is 2.47 bits per heavy atom. The Kier molecular flexibility index (Phi) is 2.23. The molecule has 15 heavy (non-hydrogen) atoms. The summed E-state index contributed by atoms with van der Waals surface area (Å²) >= 11 is 0. The van der Waals surface area contributed by atoms with Crippen molar-refractivity contribution in [3.05, 3.63) is 23.3 Å². The van der Waals surface area contributed by atoms with Gasteiger partial charge in [-0.2, -0.15) is 0 Å². The third kappa shape index (κ3) is 1.33. The van der Waals surface area contributed by atoms with Crippen LogP contribution >= 0.6 is 0 Å². The predicted octanol–water partition coefficient (Wildman–Crippen LogP) is 0.772. The standard InChI is InChI=1S/C11H12O4/c1-3-14-10(13)9-7(6-12)8-4-5-11(9,2)15-8/h4-6,8H,3H2,1-2H3. The van der Waals surface area contributed by atoms with Gasteiger partial charge in [-0.15, -0.1) is 0 Å². The third-order valence-electron chi connectivity index (χ3n) is 2.66. The number of hydrogen-bond donors (Lipinski definition) is 0. The largest absolute Gasteiger partial charge is 0.463 e. The second kappa shape index (κ2) is 3.31. The van der Waals surface area contributed by atoms with E-state index in [-0.39, 0.29) is 6.10 Å². The molecule has 0 aromatic carbocycles. The topological polar surface area (TPSA) is 52.6 Å². The summed E-state index contributed by atoms with van der Waals surface area (Å²) in [7, 11) is 0. The molecule has 4 nitrogen and oxygen atoms in total. The van der Waals surface area contributed by atoms with Gasteiger partial charge in [0, 0.05) is 5.57 Å². The lowest BCUT2D eigenvalue weighted by atomic mass is 9.89. The Bertz CT molecular complexity index is 380. The molecule has 0 spiro atoms. The highest BCUT2D eigenvalue weighted by Crippen LogP contribution is 2.42. The highest BCUT2D eigenvalue weighted by atomic mass is 16.5. The van der Waals surface area contributed by atoms with Crippen LogP contribution in [0, 0.1) is 0 Å². The molecule has 0 saturated heterocycles. The van der Waals surface area contributed by atoms with Gasteiger partial charge in [-0.25, -0.2) is 4.79 Å². The Labute approximate surface area is 87.5 Å².